The minimum Gasteiger partial charge on any atom is -0.394 e. The minimum atomic E-state index is -0.275. The van der Waals surface area contributed by atoms with E-state index in [1.165, 1.54) is 6.07 Å². The lowest BCUT2D eigenvalue weighted by atomic mass is 10.2. The molecule has 19 heavy (non-hydrogen) atoms. The van der Waals surface area contributed by atoms with Crippen LogP contribution >= 0.6 is 15.9 Å². The molecule has 0 fully saturated rings. The number of nitrogens with one attached hydrogen (secondary N) is 1. The third-order valence-electron chi connectivity index (χ3n) is 2.71. The van der Waals surface area contributed by atoms with Crippen LogP contribution in [0.15, 0.2) is 22.7 Å². The van der Waals surface area contributed by atoms with Crippen LogP contribution in [-0.4, -0.2) is 9.97 Å². The normalized spacial score (nSPS) is 10.5. The molecule has 0 bridgehead atoms. The van der Waals surface area contributed by atoms with Crippen LogP contribution in [0, 0.1) is 19.7 Å². The van der Waals surface area contributed by atoms with Crippen LogP contribution in [0.3, 0.4) is 0 Å². The van der Waals surface area contributed by atoms with E-state index in [1.54, 1.807) is 19.1 Å². The minimum absolute atomic E-state index is 0.275. The molecule has 3 N–H and O–H groups in total. The van der Waals surface area contributed by atoms with Crippen LogP contribution in [-0.2, 0) is 6.54 Å². The fourth-order valence-corrected chi connectivity index (χ4v) is 2.03. The van der Waals surface area contributed by atoms with E-state index >= 15 is 0 Å². The van der Waals surface area contributed by atoms with Crippen LogP contribution in [0.2, 0.25) is 0 Å². The first-order valence-electron chi connectivity index (χ1n) is 5.76. The third kappa shape index (κ3) is 3.20. The maximum absolute atomic E-state index is 13.7. The molecular weight excluding hydrogens is 311 g/mol. The Morgan fingerprint density at radius 1 is 1.32 bits per heavy atom. The van der Waals surface area contributed by atoms with Crippen LogP contribution < -0.4 is 11.1 Å². The predicted octanol–water partition coefficient (Wildman–Crippen LogP) is 3.19. The van der Waals surface area contributed by atoms with E-state index < -0.39 is 0 Å². The summed E-state index contributed by atoms with van der Waals surface area (Å²) in [6, 6.07) is 4.93. The monoisotopic (exact) mass is 324 g/mol. The van der Waals surface area contributed by atoms with Gasteiger partial charge in [0.05, 0.1) is 11.4 Å². The highest BCUT2D eigenvalue weighted by Gasteiger charge is 2.08. The maximum atomic E-state index is 13.7. The Balaban J connectivity index is 2.19. The van der Waals surface area contributed by atoms with Gasteiger partial charge in [0.15, 0.2) is 5.82 Å². The SMILES string of the molecule is Cc1nc(C)c(N)c(NCc2ccc(Br)cc2F)n1. The maximum Gasteiger partial charge on any atom is 0.153 e. The van der Waals surface area contributed by atoms with Crippen molar-refractivity contribution >= 4 is 27.4 Å². The summed E-state index contributed by atoms with van der Waals surface area (Å²) < 4.78 is 14.4. The number of aryl methyl sites for hydroxylation is 2. The first kappa shape index (κ1) is 13.7. The smallest absolute Gasteiger partial charge is 0.153 e. The Morgan fingerprint density at radius 3 is 2.74 bits per heavy atom. The van der Waals surface area contributed by atoms with E-state index in [0.29, 0.717) is 39.6 Å². The van der Waals surface area contributed by atoms with Crippen molar-refractivity contribution in [2.75, 3.05) is 11.1 Å². The molecule has 0 aliphatic rings. The van der Waals surface area contributed by atoms with Crippen molar-refractivity contribution in [3.8, 4) is 0 Å². The van der Waals surface area contributed by atoms with Crippen molar-refractivity contribution in [1.29, 1.82) is 0 Å². The summed E-state index contributed by atoms with van der Waals surface area (Å²) >= 11 is 3.22. The van der Waals surface area contributed by atoms with Crippen LogP contribution in [0.5, 0.6) is 0 Å². The fraction of sp³-hybridized carbons (Fsp3) is 0.231. The number of nitrogen functional groups attached to an aromatic ring is 1. The molecule has 1 heterocycles. The molecule has 0 aliphatic carbocycles. The number of aromatic nitrogens is 2. The zero-order valence-electron chi connectivity index (χ0n) is 10.7. The van der Waals surface area contributed by atoms with Gasteiger partial charge in [-0.3, -0.25) is 0 Å². The third-order valence-corrected chi connectivity index (χ3v) is 3.20. The van der Waals surface area contributed by atoms with E-state index in [1.807, 2.05) is 6.92 Å². The number of nitrogens with two attached hydrogens (primary N) is 1. The lowest BCUT2D eigenvalue weighted by Crippen LogP contribution is -2.09. The zero-order chi connectivity index (χ0) is 14.0. The highest BCUT2D eigenvalue weighted by Crippen LogP contribution is 2.20. The Morgan fingerprint density at radius 2 is 2.05 bits per heavy atom. The topological polar surface area (TPSA) is 63.8 Å². The molecule has 100 valence electrons. The number of hydrogen-bond donors (Lipinski definition) is 2. The highest BCUT2D eigenvalue weighted by molar-refractivity contribution is 9.10. The second kappa shape index (κ2) is 5.52. The van der Waals surface area contributed by atoms with Gasteiger partial charge in [0.1, 0.15) is 11.6 Å². The molecule has 6 heteroatoms. The summed E-state index contributed by atoms with van der Waals surface area (Å²) in [5, 5.41) is 3.04. The largest absolute Gasteiger partial charge is 0.394 e. The average Bonchev–Trinajstić information content (AvgIpc) is 2.33. The summed E-state index contributed by atoms with van der Waals surface area (Å²) in [4.78, 5) is 8.38. The van der Waals surface area contributed by atoms with Crippen molar-refractivity contribution in [1.82, 2.24) is 9.97 Å². The number of nitrogens with zero attached hydrogens (tertiary/aromatic N) is 2. The number of rotatable bonds is 3. The van der Waals surface area contributed by atoms with E-state index in [4.69, 9.17) is 5.73 Å². The second-order valence-corrected chi connectivity index (χ2v) is 5.12. The summed E-state index contributed by atoms with van der Waals surface area (Å²) in [6.07, 6.45) is 0. The summed E-state index contributed by atoms with van der Waals surface area (Å²) in [6.45, 7) is 3.92. The number of hydrogen-bond acceptors (Lipinski definition) is 4. The van der Waals surface area contributed by atoms with Gasteiger partial charge in [0.25, 0.3) is 0 Å². The molecule has 0 unspecified atom stereocenters. The quantitative estimate of drug-likeness (QED) is 0.910. The summed E-state index contributed by atoms with van der Waals surface area (Å²) in [5.74, 6) is 0.890. The fourth-order valence-electron chi connectivity index (χ4n) is 1.70. The van der Waals surface area contributed by atoms with Gasteiger partial charge in [-0.2, -0.15) is 0 Å². The standard InChI is InChI=1S/C13H14BrFN4/c1-7-12(16)13(19-8(2)18-7)17-6-9-3-4-10(14)5-11(9)15/h3-5H,6,16H2,1-2H3,(H,17,18,19). The van der Waals surface area contributed by atoms with E-state index in [-0.39, 0.29) is 5.82 Å². The Bertz CT molecular complexity index is 616. The van der Waals surface area contributed by atoms with Gasteiger partial charge >= 0.3 is 0 Å². The Hall–Kier alpha value is -1.69. The van der Waals surface area contributed by atoms with Crippen molar-refractivity contribution in [3.63, 3.8) is 0 Å². The van der Waals surface area contributed by atoms with E-state index in [0.717, 1.165) is 0 Å². The van der Waals surface area contributed by atoms with Crippen molar-refractivity contribution in [2.24, 2.45) is 0 Å². The van der Waals surface area contributed by atoms with Crippen LogP contribution in [0.4, 0.5) is 15.9 Å². The summed E-state index contributed by atoms with van der Waals surface area (Å²) in [5.41, 5.74) is 7.64. The van der Waals surface area contributed by atoms with E-state index in [2.05, 4.69) is 31.2 Å². The molecule has 0 aliphatic heterocycles. The van der Waals surface area contributed by atoms with Gasteiger partial charge in [-0.25, -0.2) is 14.4 Å². The first-order valence-corrected chi connectivity index (χ1v) is 6.55. The molecule has 1 aromatic heterocycles. The van der Waals surface area contributed by atoms with Gasteiger partial charge < -0.3 is 11.1 Å². The van der Waals surface area contributed by atoms with Crippen molar-refractivity contribution in [2.45, 2.75) is 20.4 Å². The molecule has 0 spiro atoms. The lowest BCUT2D eigenvalue weighted by Gasteiger charge is -2.11. The van der Waals surface area contributed by atoms with Gasteiger partial charge in [0.2, 0.25) is 0 Å². The molecule has 0 saturated carbocycles. The highest BCUT2D eigenvalue weighted by atomic mass is 79.9. The summed E-state index contributed by atoms with van der Waals surface area (Å²) in [7, 11) is 0. The molecule has 0 atom stereocenters. The molecule has 4 nitrogen and oxygen atoms in total. The van der Waals surface area contributed by atoms with Crippen molar-refractivity contribution < 1.29 is 4.39 Å². The lowest BCUT2D eigenvalue weighted by molar-refractivity contribution is 0.612. The first-order chi connectivity index (χ1) is 8.97. The molecule has 0 saturated heterocycles. The number of benzene rings is 1. The number of halogens is 2. The molecule has 0 radical (unpaired) electrons. The Labute approximate surface area is 119 Å². The predicted molar refractivity (Wildman–Crippen MR) is 77.3 cm³/mol. The Kier molecular flexibility index (Phi) is 3.99. The second-order valence-electron chi connectivity index (χ2n) is 4.21. The molecule has 0 amide bonds. The van der Waals surface area contributed by atoms with Gasteiger partial charge in [-0.05, 0) is 26.0 Å². The molecule has 1 aromatic carbocycles. The van der Waals surface area contributed by atoms with Gasteiger partial charge in [0, 0.05) is 16.6 Å². The van der Waals surface area contributed by atoms with E-state index in [9.17, 15) is 4.39 Å². The molecule has 2 rings (SSSR count). The molecule has 2 aromatic rings. The molecular formula is C13H14BrFN4. The number of anilines is 2. The van der Waals surface area contributed by atoms with Crippen LogP contribution in [0.1, 0.15) is 17.1 Å². The zero-order valence-corrected chi connectivity index (χ0v) is 12.3. The van der Waals surface area contributed by atoms with Crippen molar-refractivity contribution in [3.05, 3.63) is 45.6 Å². The van der Waals surface area contributed by atoms with Crippen LogP contribution in [0.25, 0.3) is 0 Å². The van der Waals surface area contributed by atoms with Gasteiger partial charge in [-0.15, -0.1) is 0 Å². The average molecular weight is 325 g/mol. The van der Waals surface area contributed by atoms with Gasteiger partial charge in [-0.1, -0.05) is 22.0 Å².